The fourth-order valence-corrected chi connectivity index (χ4v) is 2.54. The number of carbonyl (C=O) groups is 2. The number of carbonyl (C=O) groups excluding carboxylic acids is 2. The van der Waals surface area contributed by atoms with Gasteiger partial charge in [-0.25, -0.2) is 14.0 Å². The van der Waals surface area contributed by atoms with Gasteiger partial charge in [0.15, 0.2) is 0 Å². The van der Waals surface area contributed by atoms with Crippen LogP contribution in [0.2, 0.25) is 0 Å². The highest BCUT2D eigenvalue weighted by Crippen LogP contribution is 2.25. The number of amides is 2. The van der Waals surface area contributed by atoms with Crippen molar-refractivity contribution >= 4 is 40.5 Å². The van der Waals surface area contributed by atoms with Crippen molar-refractivity contribution < 1.29 is 23.5 Å². The van der Waals surface area contributed by atoms with E-state index in [0.717, 1.165) is 0 Å². The van der Waals surface area contributed by atoms with E-state index in [2.05, 4.69) is 0 Å². The molecule has 8 heteroatoms. The van der Waals surface area contributed by atoms with Crippen LogP contribution in [0.1, 0.15) is 20.8 Å². The number of nitrogens with zero attached hydrogens (tertiary/aromatic N) is 2. The predicted octanol–water partition coefficient (Wildman–Crippen LogP) is 3.62. The van der Waals surface area contributed by atoms with Crippen molar-refractivity contribution in [3.05, 3.63) is 27.6 Å². The minimum Gasteiger partial charge on any atom is -0.444 e. The summed E-state index contributed by atoms with van der Waals surface area (Å²) in [6, 6.07) is 4.55. The van der Waals surface area contributed by atoms with E-state index in [-0.39, 0.29) is 13.1 Å². The summed E-state index contributed by atoms with van der Waals surface area (Å²) in [5.41, 5.74) is -0.164. The first-order chi connectivity index (χ1) is 11.1. The van der Waals surface area contributed by atoms with Crippen LogP contribution in [-0.4, -0.2) is 48.9 Å². The molecule has 1 saturated heterocycles. The van der Waals surface area contributed by atoms with E-state index >= 15 is 0 Å². The van der Waals surface area contributed by atoms with Gasteiger partial charge >= 0.3 is 12.2 Å². The van der Waals surface area contributed by atoms with Crippen molar-refractivity contribution in [2.45, 2.75) is 32.5 Å². The quantitative estimate of drug-likeness (QED) is 0.661. The highest BCUT2D eigenvalue weighted by Gasteiger charge is 2.34. The zero-order valence-electron chi connectivity index (χ0n) is 14.0. The van der Waals surface area contributed by atoms with Crippen LogP contribution in [0.3, 0.4) is 0 Å². The number of ether oxygens (including phenoxy) is 2. The number of hydrogen-bond donors (Lipinski definition) is 0. The Morgan fingerprint density at radius 2 is 2.17 bits per heavy atom. The number of halogens is 2. The maximum Gasteiger partial charge on any atom is 0.414 e. The fraction of sp³-hybridized carbons (Fsp3) is 0.500. The highest BCUT2D eigenvalue weighted by molar-refractivity contribution is 14.1. The lowest BCUT2D eigenvalue weighted by Crippen LogP contribution is -2.39. The Bertz CT molecular complexity index is 647. The van der Waals surface area contributed by atoms with Crippen LogP contribution >= 0.6 is 22.6 Å². The van der Waals surface area contributed by atoms with Crippen LogP contribution in [0.15, 0.2) is 18.2 Å². The second kappa shape index (κ2) is 7.12. The third-order valence-electron chi connectivity index (χ3n) is 3.27. The summed E-state index contributed by atoms with van der Waals surface area (Å²) >= 11 is 1.88. The van der Waals surface area contributed by atoms with Gasteiger partial charge in [-0.3, -0.25) is 4.90 Å². The van der Waals surface area contributed by atoms with E-state index in [0.29, 0.717) is 9.26 Å². The standard InChI is InChI=1S/C16H20FIN2O4/c1-16(2,3)24-14(21)19(4)8-11-9-20(15(22)23-11)10-5-6-13(18)12(17)7-10/h5-7,11H,8-9H2,1-4H3/t11-/m0/s1. The molecule has 1 aliphatic heterocycles. The molecule has 0 saturated carbocycles. The largest absolute Gasteiger partial charge is 0.444 e. The van der Waals surface area contributed by atoms with Crippen LogP contribution < -0.4 is 4.90 Å². The van der Waals surface area contributed by atoms with Gasteiger partial charge in [0, 0.05) is 10.6 Å². The first-order valence-electron chi connectivity index (χ1n) is 7.44. The fourth-order valence-electron chi connectivity index (χ4n) is 2.20. The molecule has 0 radical (unpaired) electrons. The van der Waals surface area contributed by atoms with Crippen molar-refractivity contribution in [1.82, 2.24) is 4.90 Å². The highest BCUT2D eigenvalue weighted by atomic mass is 127. The van der Waals surface area contributed by atoms with Crippen LogP contribution in [0, 0.1) is 9.39 Å². The van der Waals surface area contributed by atoms with Gasteiger partial charge in [-0.1, -0.05) is 0 Å². The van der Waals surface area contributed by atoms with Crippen molar-refractivity contribution in [3.63, 3.8) is 0 Å². The molecule has 0 bridgehead atoms. The summed E-state index contributed by atoms with van der Waals surface area (Å²) in [7, 11) is 1.58. The lowest BCUT2D eigenvalue weighted by Gasteiger charge is -2.25. The van der Waals surface area contributed by atoms with Gasteiger partial charge in [0.25, 0.3) is 0 Å². The number of benzene rings is 1. The Morgan fingerprint density at radius 1 is 1.50 bits per heavy atom. The van der Waals surface area contributed by atoms with Gasteiger partial charge in [-0.15, -0.1) is 0 Å². The first kappa shape index (κ1) is 18.8. The summed E-state index contributed by atoms with van der Waals surface area (Å²) in [5.74, 6) is -0.393. The zero-order chi connectivity index (χ0) is 18.1. The molecule has 1 aliphatic rings. The average molecular weight is 450 g/mol. The lowest BCUT2D eigenvalue weighted by atomic mass is 10.2. The number of rotatable bonds is 3. The van der Waals surface area contributed by atoms with Crippen LogP contribution in [0.25, 0.3) is 0 Å². The molecule has 0 aliphatic carbocycles. The third kappa shape index (κ3) is 4.71. The van der Waals surface area contributed by atoms with E-state index in [1.54, 1.807) is 40.0 Å². The van der Waals surface area contributed by atoms with Gasteiger partial charge in [0.1, 0.15) is 17.5 Å². The van der Waals surface area contributed by atoms with Crippen molar-refractivity contribution in [1.29, 1.82) is 0 Å². The molecule has 132 valence electrons. The van der Waals surface area contributed by atoms with Gasteiger partial charge in [-0.2, -0.15) is 0 Å². The van der Waals surface area contributed by atoms with Crippen molar-refractivity contribution in [2.75, 3.05) is 25.0 Å². The van der Waals surface area contributed by atoms with Crippen LogP contribution in [0.5, 0.6) is 0 Å². The van der Waals surface area contributed by atoms with E-state index in [4.69, 9.17) is 9.47 Å². The molecule has 1 aromatic rings. The third-order valence-corrected chi connectivity index (χ3v) is 4.15. The molecule has 0 aromatic heterocycles. The van der Waals surface area contributed by atoms with Gasteiger partial charge in [-0.05, 0) is 61.6 Å². The Labute approximate surface area is 154 Å². The molecule has 0 unspecified atom stereocenters. The van der Waals surface area contributed by atoms with Crippen LogP contribution in [-0.2, 0) is 9.47 Å². The van der Waals surface area contributed by atoms with E-state index in [9.17, 15) is 14.0 Å². The van der Waals surface area contributed by atoms with E-state index in [1.807, 2.05) is 22.6 Å². The Balaban J connectivity index is 1.99. The SMILES string of the molecule is CN(C[C@H]1CN(c2ccc(I)c(F)c2)C(=O)O1)C(=O)OC(C)(C)C. The molecule has 1 fully saturated rings. The molecule has 24 heavy (non-hydrogen) atoms. The second-order valence-electron chi connectivity index (χ2n) is 6.58. The molecule has 1 aromatic carbocycles. The first-order valence-corrected chi connectivity index (χ1v) is 8.52. The molecular formula is C16H20FIN2O4. The average Bonchev–Trinajstić information content (AvgIpc) is 2.80. The van der Waals surface area contributed by atoms with Crippen molar-refractivity contribution in [3.8, 4) is 0 Å². The second-order valence-corrected chi connectivity index (χ2v) is 7.74. The van der Waals surface area contributed by atoms with E-state index < -0.39 is 29.7 Å². The van der Waals surface area contributed by atoms with Gasteiger partial charge < -0.3 is 14.4 Å². The number of cyclic esters (lactones) is 1. The smallest absolute Gasteiger partial charge is 0.414 e. The molecule has 1 heterocycles. The summed E-state index contributed by atoms with van der Waals surface area (Å²) in [6.45, 7) is 5.78. The molecule has 0 N–H and O–H groups in total. The molecule has 6 nitrogen and oxygen atoms in total. The monoisotopic (exact) mass is 450 g/mol. The van der Waals surface area contributed by atoms with Crippen LogP contribution in [0.4, 0.5) is 19.7 Å². The van der Waals surface area contributed by atoms with Crippen molar-refractivity contribution in [2.24, 2.45) is 0 Å². The topological polar surface area (TPSA) is 59.1 Å². The maximum atomic E-state index is 13.7. The molecule has 1 atom stereocenters. The minimum absolute atomic E-state index is 0.198. The van der Waals surface area contributed by atoms with Gasteiger partial charge in [0.2, 0.25) is 0 Å². The molecule has 0 spiro atoms. The maximum absolute atomic E-state index is 13.7. The number of hydrogen-bond acceptors (Lipinski definition) is 4. The Hall–Kier alpha value is -1.58. The Kier molecular flexibility index (Phi) is 5.56. The summed E-state index contributed by atoms with van der Waals surface area (Å²) in [6.07, 6.45) is -1.55. The Morgan fingerprint density at radius 3 is 2.75 bits per heavy atom. The molecule has 2 amide bonds. The normalized spacial score (nSPS) is 17.7. The van der Waals surface area contributed by atoms with E-state index in [1.165, 1.54) is 15.9 Å². The van der Waals surface area contributed by atoms with Gasteiger partial charge in [0.05, 0.1) is 18.8 Å². The summed E-state index contributed by atoms with van der Waals surface area (Å²) in [4.78, 5) is 26.7. The minimum atomic E-state index is -0.595. The zero-order valence-corrected chi connectivity index (χ0v) is 16.2. The predicted molar refractivity (Wildman–Crippen MR) is 95.6 cm³/mol. The lowest BCUT2D eigenvalue weighted by molar-refractivity contribution is 0.0223. The number of likely N-dealkylation sites (N-methyl/N-ethyl adjacent to an activating group) is 1. The molecule has 2 rings (SSSR count). The number of anilines is 1. The summed E-state index contributed by atoms with van der Waals surface area (Å²) in [5, 5.41) is 0. The summed E-state index contributed by atoms with van der Waals surface area (Å²) < 4.78 is 24.7. The molecular weight excluding hydrogens is 430 g/mol.